The zero-order valence-corrected chi connectivity index (χ0v) is 18.3. The fraction of sp³-hybridized carbons (Fsp3) is 0.667. The Morgan fingerprint density at radius 3 is 2.67 bits per heavy atom. The van der Waals surface area contributed by atoms with E-state index in [-0.39, 0.29) is 6.10 Å². The van der Waals surface area contributed by atoms with Crippen LogP contribution in [-0.4, -0.2) is 45.7 Å². The third kappa shape index (κ3) is 4.17. The van der Waals surface area contributed by atoms with Crippen LogP contribution < -0.4 is 0 Å². The van der Waals surface area contributed by atoms with E-state index in [1.165, 1.54) is 36.9 Å². The number of fused-ring (bicyclic) bond motifs is 1. The Labute approximate surface area is 183 Å². The first-order valence-electron chi connectivity index (χ1n) is 11.7. The molecule has 4 fully saturated rings. The highest BCUT2D eigenvalue weighted by Gasteiger charge is 2.44. The van der Waals surface area contributed by atoms with E-state index >= 15 is 0 Å². The molecule has 160 valence electrons. The molecule has 1 saturated heterocycles. The van der Waals surface area contributed by atoms with Crippen LogP contribution in [0.3, 0.4) is 0 Å². The van der Waals surface area contributed by atoms with Crippen molar-refractivity contribution in [3.63, 3.8) is 0 Å². The Kier molecular flexibility index (Phi) is 5.09. The topological polar surface area (TPSA) is 43.2 Å². The maximum atomic E-state index is 6.51. The molecule has 5 nitrogen and oxygen atoms in total. The first kappa shape index (κ1) is 19.3. The molecule has 0 bridgehead atoms. The Morgan fingerprint density at radius 2 is 1.90 bits per heavy atom. The smallest absolute Gasteiger partial charge is 0.0858 e. The van der Waals surface area contributed by atoms with Gasteiger partial charge in [0.25, 0.3) is 0 Å². The first-order chi connectivity index (χ1) is 14.7. The maximum absolute atomic E-state index is 6.51. The van der Waals surface area contributed by atoms with Gasteiger partial charge < -0.3 is 4.74 Å². The number of hydrogen-bond acceptors (Lipinski definition) is 4. The monoisotopic (exact) mass is 426 g/mol. The number of likely N-dealkylation sites (tertiary alicyclic amines) is 1. The number of halogens is 1. The van der Waals surface area contributed by atoms with Crippen molar-refractivity contribution in [2.45, 2.75) is 63.1 Å². The molecule has 6 heteroatoms. The molecule has 1 aromatic heterocycles. The number of aromatic nitrogens is 3. The molecule has 1 aliphatic heterocycles. The molecule has 0 N–H and O–H groups in total. The molecule has 0 unspecified atom stereocenters. The van der Waals surface area contributed by atoms with Gasteiger partial charge in [0.15, 0.2) is 0 Å². The molecular weight excluding hydrogens is 396 g/mol. The van der Waals surface area contributed by atoms with Gasteiger partial charge in [-0.15, -0.1) is 5.10 Å². The second-order valence-electron chi connectivity index (χ2n) is 10.1. The molecule has 4 atom stereocenters. The standard InChI is InChI=1S/C24H31ClN4O/c25-21-3-1-2-17(8-21)11-28-12-19-9-23(29-14-22(26-27-29)18-6-7-18)24(10-20(19)13-28)30-15-16-4-5-16/h1-3,8,14,16,18-20,23-24H,4-7,9-13,15H2/t19-,20+,23-,24-/m1/s1. The third-order valence-electron chi connectivity index (χ3n) is 7.56. The predicted molar refractivity (Wildman–Crippen MR) is 116 cm³/mol. The maximum Gasteiger partial charge on any atom is 0.0858 e. The highest BCUT2D eigenvalue weighted by atomic mass is 35.5. The van der Waals surface area contributed by atoms with E-state index in [1.54, 1.807) is 0 Å². The van der Waals surface area contributed by atoms with E-state index in [0.717, 1.165) is 55.9 Å². The summed E-state index contributed by atoms with van der Waals surface area (Å²) in [6.45, 7) is 4.24. The minimum absolute atomic E-state index is 0.270. The number of nitrogens with zero attached hydrogens (tertiary/aromatic N) is 4. The summed E-state index contributed by atoms with van der Waals surface area (Å²) in [6.07, 6.45) is 10.0. The average Bonchev–Trinajstić information content (AvgIpc) is 3.66. The second-order valence-corrected chi connectivity index (χ2v) is 10.5. The molecule has 0 radical (unpaired) electrons. The number of hydrogen-bond donors (Lipinski definition) is 0. The summed E-state index contributed by atoms with van der Waals surface area (Å²) >= 11 is 6.20. The van der Waals surface area contributed by atoms with Gasteiger partial charge in [-0.25, -0.2) is 4.68 Å². The molecular formula is C24H31ClN4O. The van der Waals surface area contributed by atoms with Crippen LogP contribution >= 0.6 is 11.6 Å². The molecule has 30 heavy (non-hydrogen) atoms. The number of ether oxygens (including phenoxy) is 1. The van der Waals surface area contributed by atoms with Crippen molar-refractivity contribution in [1.29, 1.82) is 0 Å². The molecule has 6 rings (SSSR count). The van der Waals surface area contributed by atoms with Crippen molar-refractivity contribution in [2.24, 2.45) is 17.8 Å². The minimum Gasteiger partial charge on any atom is -0.376 e. The highest BCUT2D eigenvalue weighted by molar-refractivity contribution is 6.30. The molecule has 0 spiro atoms. The molecule has 3 saturated carbocycles. The van der Waals surface area contributed by atoms with Crippen molar-refractivity contribution in [2.75, 3.05) is 19.7 Å². The molecule has 4 aliphatic rings. The van der Waals surface area contributed by atoms with Crippen LogP contribution in [0, 0.1) is 17.8 Å². The quantitative estimate of drug-likeness (QED) is 0.644. The average molecular weight is 427 g/mol. The van der Waals surface area contributed by atoms with Gasteiger partial charge in [-0.1, -0.05) is 28.9 Å². The van der Waals surface area contributed by atoms with Crippen LogP contribution in [0.5, 0.6) is 0 Å². The van der Waals surface area contributed by atoms with Crippen molar-refractivity contribution >= 4 is 11.6 Å². The van der Waals surface area contributed by atoms with E-state index < -0.39 is 0 Å². The van der Waals surface area contributed by atoms with Crippen molar-refractivity contribution in [3.05, 3.63) is 46.7 Å². The SMILES string of the molecule is Clc1cccc(CN2C[C@H]3C[C@@H](n4cc(C5CC5)nn4)[C@H](OCC4CC4)C[C@H]3C2)c1. The lowest BCUT2D eigenvalue weighted by Gasteiger charge is -2.37. The lowest BCUT2D eigenvalue weighted by atomic mass is 9.77. The molecule has 0 amide bonds. The van der Waals surface area contributed by atoms with Gasteiger partial charge in [0.2, 0.25) is 0 Å². The number of benzene rings is 1. The van der Waals surface area contributed by atoms with Gasteiger partial charge in [0.1, 0.15) is 0 Å². The lowest BCUT2D eigenvalue weighted by Crippen LogP contribution is -2.38. The van der Waals surface area contributed by atoms with Crippen molar-refractivity contribution in [1.82, 2.24) is 19.9 Å². The molecule has 2 heterocycles. The Balaban J connectivity index is 1.16. The van der Waals surface area contributed by atoms with Gasteiger partial charge in [-0.2, -0.15) is 0 Å². The summed E-state index contributed by atoms with van der Waals surface area (Å²) in [4.78, 5) is 2.61. The third-order valence-corrected chi connectivity index (χ3v) is 7.80. The van der Waals surface area contributed by atoms with E-state index in [2.05, 4.69) is 44.3 Å². The minimum atomic E-state index is 0.270. The second kappa shape index (κ2) is 7.92. The molecule has 1 aromatic carbocycles. The zero-order valence-electron chi connectivity index (χ0n) is 17.5. The van der Waals surface area contributed by atoms with E-state index in [0.29, 0.717) is 17.9 Å². The van der Waals surface area contributed by atoms with Crippen molar-refractivity contribution < 1.29 is 4.74 Å². The van der Waals surface area contributed by atoms with Crippen LogP contribution in [0.1, 0.15) is 61.7 Å². The van der Waals surface area contributed by atoms with Crippen LogP contribution in [0.2, 0.25) is 5.02 Å². The van der Waals surface area contributed by atoms with Crippen molar-refractivity contribution in [3.8, 4) is 0 Å². The Morgan fingerprint density at radius 1 is 1.07 bits per heavy atom. The van der Waals surface area contributed by atoms with E-state index in [9.17, 15) is 0 Å². The fourth-order valence-corrected chi connectivity index (χ4v) is 5.74. The summed E-state index contributed by atoms with van der Waals surface area (Å²) < 4.78 is 8.67. The van der Waals surface area contributed by atoms with Crippen LogP contribution in [0.15, 0.2) is 30.5 Å². The highest BCUT2D eigenvalue weighted by Crippen LogP contribution is 2.44. The molecule has 2 aromatic rings. The van der Waals surface area contributed by atoms with Crippen LogP contribution in [0.25, 0.3) is 0 Å². The van der Waals surface area contributed by atoms with E-state index in [4.69, 9.17) is 16.3 Å². The van der Waals surface area contributed by atoms with Gasteiger partial charge in [0, 0.05) is 43.4 Å². The summed E-state index contributed by atoms with van der Waals surface area (Å²) in [5, 5.41) is 9.89. The van der Waals surface area contributed by atoms with Crippen LogP contribution in [0.4, 0.5) is 0 Å². The lowest BCUT2D eigenvalue weighted by molar-refractivity contribution is -0.0375. The summed E-state index contributed by atoms with van der Waals surface area (Å²) in [6, 6.07) is 8.63. The molecule has 3 aliphatic carbocycles. The summed E-state index contributed by atoms with van der Waals surface area (Å²) in [5.74, 6) is 2.88. The fourth-order valence-electron chi connectivity index (χ4n) is 5.53. The van der Waals surface area contributed by atoms with E-state index in [1.807, 2.05) is 6.07 Å². The normalized spacial score (nSPS) is 31.8. The summed E-state index contributed by atoms with van der Waals surface area (Å²) in [5.41, 5.74) is 2.50. The predicted octanol–water partition coefficient (Wildman–Crippen LogP) is 4.69. The Bertz CT molecular complexity index is 893. The summed E-state index contributed by atoms with van der Waals surface area (Å²) in [7, 11) is 0. The Hall–Kier alpha value is -1.43. The zero-order chi connectivity index (χ0) is 20.1. The van der Waals surface area contributed by atoms with Gasteiger partial charge in [-0.3, -0.25) is 4.90 Å². The largest absolute Gasteiger partial charge is 0.376 e. The first-order valence-corrected chi connectivity index (χ1v) is 12.1. The van der Waals surface area contributed by atoms with Gasteiger partial charge in [-0.05, 0) is 74.0 Å². The van der Waals surface area contributed by atoms with Crippen LogP contribution in [-0.2, 0) is 11.3 Å². The van der Waals surface area contributed by atoms with Gasteiger partial charge in [0.05, 0.1) is 17.8 Å². The van der Waals surface area contributed by atoms with Gasteiger partial charge >= 0.3 is 0 Å². The number of rotatable bonds is 7.